The van der Waals surface area contributed by atoms with E-state index in [2.05, 4.69) is 0 Å². The zero-order valence-electron chi connectivity index (χ0n) is 16.2. The van der Waals surface area contributed by atoms with E-state index in [1.54, 1.807) is 7.11 Å². The summed E-state index contributed by atoms with van der Waals surface area (Å²) in [7, 11) is 1.62. The number of carbonyl (C=O) groups excluding carboxylic acids is 1. The van der Waals surface area contributed by atoms with Gasteiger partial charge in [-0.05, 0) is 39.3 Å². The maximum absolute atomic E-state index is 13.2. The Labute approximate surface area is 155 Å². The lowest BCUT2D eigenvalue weighted by Gasteiger charge is -2.40. The van der Waals surface area contributed by atoms with Crippen LogP contribution >= 0.6 is 0 Å². The number of carboxylic acids is 1. The number of benzene rings is 1. The van der Waals surface area contributed by atoms with Crippen LogP contribution in [0.1, 0.15) is 39.2 Å². The molecule has 0 spiro atoms. The highest BCUT2D eigenvalue weighted by Crippen LogP contribution is 2.34. The van der Waals surface area contributed by atoms with Gasteiger partial charge in [-0.25, -0.2) is 0 Å². The number of rotatable bonds is 7. The van der Waals surface area contributed by atoms with Gasteiger partial charge in [0.2, 0.25) is 5.91 Å². The molecule has 1 fully saturated rings. The number of likely N-dealkylation sites (N-methyl/N-ethyl adjacent to an activating group) is 1. The molecule has 6 nitrogen and oxygen atoms in total. The predicted molar refractivity (Wildman–Crippen MR) is 101 cm³/mol. The van der Waals surface area contributed by atoms with Crippen molar-refractivity contribution in [2.45, 2.75) is 45.1 Å². The molecule has 2 rings (SSSR count). The van der Waals surface area contributed by atoms with E-state index in [9.17, 15) is 9.59 Å². The van der Waals surface area contributed by atoms with Gasteiger partial charge >= 0.3 is 5.97 Å². The van der Waals surface area contributed by atoms with Crippen LogP contribution in [0.3, 0.4) is 0 Å². The first-order valence-corrected chi connectivity index (χ1v) is 9.20. The van der Waals surface area contributed by atoms with Crippen LogP contribution < -0.4 is 4.74 Å². The fraction of sp³-hybridized carbons (Fsp3) is 0.600. The molecule has 1 aromatic rings. The first-order chi connectivity index (χ1) is 12.3. The first kappa shape index (κ1) is 20.2. The van der Waals surface area contributed by atoms with Gasteiger partial charge < -0.3 is 14.7 Å². The highest BCUT2D eigenvalue weighted by Gasteiger charge is 2.38. The molecule has 0 saturated carbocycles. The monoisotopic (exact) mass is 362 g/mol. The van der Waals surface area contributed by atoms with Crippen LogP contribution in [-0.4, -0.2) is 66.1 Å². The molecular formula is C20H30N2O4. The van der Waals surface area contributed by atoms with Gasteiger partial charge in [-0.2, -0.15) is 0 Å². The van der Waals surface area contributed by atoms with Crippen LogP contribution in [0.15, 0.2) is 24.3 Å². The van der Waals surface area contributed by atoms with Crippen molar-refractivity contribution in [3.63, 3.8) is 0 Å². The molecule has 1 aliphatic rings. The quantitative estimate of drug-likeness (QED) is 0.806. The molecule has 0 radical (unpaired) electrons. The number of piperidine rings is 1. The second-order valence-corrected chi connectivity index (χ2v) is 7.31. The van der Waals surface area contributed by atoms with E-state index in [-0.39, 0.29) is 18.5 Å². The Balaban J connectivity index is 2.06. The highest BCUT2D eigenvalue weighted by molar-refractivity contribution is 5.88. The van der Waals surface area contributed by atoms with Crippen LogP contribution in [0.2, 0.25) is 0 Å². The van der Waals surface area contributed by atoms with Gasteiger partial charge in [-0.15, -0.1) is 0 Å². The zero-order chi connectivity index (χ0) is 19.3. The first-order valence-electron chi connectivity index (χ1n) is 9.20. The average molecular weight is 362 g/mol. The van der Waals surface area contributed by atoms with Crippen LogP contribution in [0.4, 0.5) is 0 Å². The Morgan fingerprint density at radius 2 is 1.88 bits per heavy atom. The van der Waals surface area contributed by atoms with Gasteiger partial charge in [0, 0.05) is 24.7 Å². The van der Waals surface area contributed by atoms with Gasteiger partial charge in [-0.1, -0.05) is 25.1 Å². The molecule has 26 heavy (non-hydrogen) atoms. The average Bonchev–Trinajstić information content (AvgIpc) is 2.65. The molecule has 0 aliphatic carbocycles. The van der Waals surface area contributed by atoms with Gasteiger partial charge in [0.25, 0.3) is 0 Å². The number of amides is 1. The summed E-state index contributed by atoms with van der Waals surface area (Å²) in [5, 5.41) is 9.05. The summed E-state index contributed by atoms with van der Waals surface area (Å²) in [4.78, 5) is 28.1. The van der Waals surface area contributed by atoms with Gasteiger partial charge in [0.15, 0.2) is 0 Å². The number of methoxy groups -OCH3 is 1. The molecule has 1 N–H and O–H groups in total. The largest absolute Gasteiger partial charge is 0.496 e. The fourth-order valence-corrected chi connectivity index (χ4v) is 3.78. The maximum Gasteiger partial charge on any atom is 0.317 e. The van der Waals surface area contributed by atoms with E-state index in [1.807, 2.05) is 54.8 Å². The molecule has 0 unspecified atom stereocenters. The number of carbonyl (C=O) groups is 2. The number of carboxylic acid groups (broad SMARTS) is 1. The molecule has 0 atom stereocenters. The number of nitrogens with zero attached hydrogens (tertiary/aromatic N) is 2. The number of likely N-dealkylation sites (tertiary alicyclic amines) is 1. The van der Waals surface area contributed by atoms with Crippen molar-refractivity contribution >= 4 is 11.9 Å². The van der Waals surface area contributed by atoms with Crippen LogP contribution in [0, 0.1) is 0 Å². The normalized spacial score (nSPS) is 16.0. The fourth-order valence-electron chi connectivity index (χ4n) is 3.78. The lowest BCUT2D eigenvalue weighted by Crippen LogP contribution is -2.51. The lowest BCUT2D eigenvalue weighted by molar-refractivity contribution is -0.141. The summed E-state index contributed by atoms with van der Waals surface area (Å²) in [6.45, 7) is 7.91. The Morgan fingerprint density at radius 1 is 1.27 bits per heavy atom. The minimum atomic E-state index is -0.803. The van der Waals surface area contributed by atoms with E-state index in [4.69, 9.17) is 9.84 Å². The third-order valence-corrected chi connectivity index (χ3v) is 5.33. The molecule has 144 valence electrons. The second-order valence-electron chi connectivity index (χ2n) is 7.31. The number of ether oxygens (including phenoxy) is 1. The number of hydrogen-bond acceptors (Lipinski definition) is 4. The van der Waals surface area contributed by atoms with Gasteiger partial charge in [0.05, 0.1) is 19.1 Å². The van der Waals surface area contributed by atoms with Crippen molar-refractivity contribution < 1.29 is 19.4 Å². The zero-order valence-corrected chi connectivity index (χ0v) is 16.2. The van der Waals surface area contributed by atoms with Crippen molar-refractivity contribution in [2.75, 3.05) is 33.3 Å². The van der Waals surface area contributed by atoms with E-state index in [0.717, 1.165) is 24.2 Å². The third-order valence-electron chi connectivity index (χ3n) is 5.33. The molecule has 1 heterocycles. The van der Waals surface area contributed by atoms with Gasteiger partial charge in [-0.3, -0.25) is 14.5 Å². The van der Waals surface area contributed by atoms with Crippen LogP contribution in [-0.2, 0) is 15.0 Å². The summed E-state index contributed by atoms with van der Waals surface area (Å²) < 4.78 is 5.44. The predicted octanol–water partition coefficient (Wildman–Crippen LogP) is 2.37. The minimum Gasteiger partial charge on any atom is -0.496 e. The molecule has 1 amide bonds. The summed E-state index contributed by atoms with van der Waals surface area (Å²) in [6.07, 6.45) is 1.60. The molecular weight excluding hydrogens is 332 g/mol. The Bertz CT molecular complexity index is 636. The topological polar surface area (TPSA) is 70.1 Å². The molecule has 0 bridgehead atoms. The Morgan fingerprint density at radius 3 is 2.42 bits per heavy atom. The van der Waals surface area contributed by atoms with E-state index >= 15 is 0 Å². The van der Waals surface area contributed by atoms with Crippen molar-refractivity contribution in [3.8, 4) is 5.75 Å². The summed E-state index contributed by atoms with van der Waals surface area (Å²) in [5.74, 6) is 0.00347. The minimum absolute atomic E-state index is 0.0574. The lowest BCUT2D eigenvalue weighted by atomic mass is 9.82. The number of aliphatic carboxylic acids is 1. The number of para-hydroxylation sites is 1. The summed E-state index contributed by atoms with van der Waals surface area (Å²) in [6, 6.07) is 7.85. The van der Waals surface area contributed by atoms with Crippen molar-refractivity contribution in [3.05, 3.63) is 29.8 Å². The van der Waals surface area contributed by atoms with Gasteiger partial charge in [0.1, 0.15) is 5.75 Å². The SMILES string of the molecule is CCN(CC(=O)O)C1CCN(C(=O)C(C)(C)c2ccccc2OC)CC1. The van der Waals surface area contributed by atoms with Crippen molar-refractivity contribution in [1.29, 1.82) is 0 Å². The van der Waals surface area contributed by atoms with E-state index in [1.165, 1.54) is 0 Å². The molecule has 0 aromatic heterocycles. The van der Waals surface area contributed by atoms with Crippen LogP contribution in [0.25, 0.3) is 0 Å². The van der Waals surface area contributed by atoms with Crippen molar-refractivity contribution in [1.82, 2.24) is 9.80 Å². The van der Waals surface area contributed by atoms with Crippen molar-refractivity contribution in [2.24, 2.45) is 0 Å². The second kappa shape index (κ2) is 8.54. The third kappa shape index (κ3) is 4.36. The Kier molecular flexibility index (Phi) is 6.64. The molecule has 1 saturated heterocycles. The summed E-state index contributed by atoms with van der Waals surface area (Å²) in [5.41, 5.74) is 0.209. The molecule has 1 aromatic carbocycles. The molecule has 6 heteroatoms. The van der Waals surface area contributed by atoms with E-state index < -0.39 is 11.4 Å². The Hall–Kier alpha value is -2.08. The summed E-state index contributed by atoms with van der Waals surface area (Å²) >= 11 is 0. The van der Waals surface area contributed by atoms with Crippen LogP contribution in [0.5, 0.6) is 5.75 Å². The standard InChI is InChI=1S/C20H30N2O4/c1-5-21(14-18(23)24)15-10-12-22(13-11-15)19(25)20(2,3)16-8-6-7-9-17(16)26-4/h6-9,15H,5,10-14H2,1-4H3,(H,23,24). The highest BCUT2D eigenvalue weighted by atomic mass is 16.5. The number of hydrogen-bond donors (Lipinski definition) is 1. The smallest absolute Gasteiger partial charge is 0.317 e. The molecule has 1 aliphatic heterocycles. The van der Waals surface area contributed by atoms with E-state index in [0.29, 0.717) is 19.6 Å². The maximum atomic E-state index is 13.2.